The number of benzene rings is 2. The predicted octanol–water partition coefficient (Wildman–Crippen LogP) is 5.46. The van der Waals surface area contributed by atoms with Gasteiger partial charge in [-0.05, 0) is 37.5 Å². The number of halogens is 3. The molecule has 4 rings (SSSR count). The quantitative estimate of drug-likeness (QED) is 0.606. The van der Waals surface area contributed by atoms with Crippen LogP contribution in [0, 0.1) is 0 Å². The number of aromatic nitrogens is 2. The molecular formula is C20H19F3N2O2. The van der Waals surface area contributed by atoms with E-state index in [4.69, 9.17) is 9.47 Å². The van der Waals surface area contributed by atoms with Gasteiger partial charge in [0.15, 0.2) is 0 Å². The van der Waals surface area contributed by atoms with E-state index < -0.39 is 11.7 Å². The Morgan fingerprint density at radius 2 is 1.85 bits per heavy atom. The normalized spacial score (nSPS) is 15.0. The molecule has 2 aromatic carbocycles. The van der Waals surface area contributed by atoms with Crippen LogP contribution in [0.25, 0.3) is 22.2 Å². The second-order valence-electron chi connectivity index (χ2n) is 6.64. The van der Waals surface area contributed by atoms with Crippen LogP contribution in [0.5, 0.6) is 11.5 Å². The van der Waals surface area contributed by atoms with Gasteiger partial charge in [0, 0.05) is 17.0 Å². The Morgan fingerprint density at radius 1 is 1.07 bits per heavy atom. The van der Waals surface area contributed by atoms with Gasteiger partial charge in [-0.1, -0.05) is 12.1 Å². The Labute approximate surface area is 154 Å². The van der Waals surface area contributed by atoms with Gasteiger partial charge in [-0.2, -0.15) is 18.3 Å². The van der Waals surface area contributed by atoms with Crippen LogP contribution in [0.1, 0.15) is 30.9 Å². The lowest BCUT2D eigenvalue weighted by Crippen LogP contribution is -2.19. The van der Waals surface area contributed by atoms with Gasteiger partial charge in [0.2, 0.25) is 0 Å². The highest BCUT2D eigenvalue weighted by atomic mass is 19.4. The van der Waals surface area contributed by atoms with E-state index in [9.17, 15) is 13.2 Å². The van der Waals surface area contributed by atoms with Crippen molar-refractivity contribution in [3.8, 4) is 22.8 Å². The van der Waals surface area contributed by atoms with Crippen LogP contribution in [-0.2, 0) is 6.18 Å². The monoisotopic (exact) mass is 376 g/mol. The molecule has 1 aromatic heterocycles. The molecule has 0 N–H and O–H groups in total. The van der Waals surface area contributed by atoms with Gasteiger partial charge in [-0.3, -0.25) is 4.68 Å². The minimum atomic E-state index is -4.46. The summed E-state index contributed by atoms with van der Waals surface area (Å²) < 4.78 is 53.0. The van der Waals surface area contributed by atoms with Gasteiger partial charge >= 0.3 is 6.18 Å². The molecule has 0 amide bonds. The Kier molecular flexibility index (Phi) is 4.25. The molecule has 3 aromatic rings. The maximum absolute atomic E-state index is 13.5. The average molecular weight is 376 g/mol. The van der Waals surface area contributed by atoms with E-state index in [1.165, 1.54) is 13.2 Å². The van der Waals surface area contributed by atoms with E-state index in [0.29, 0.717) is 28.1 Å². The standard InChI is InChI=1S/C20H19F3N2O2/c1-26-13-9-10-14(17(11-13)27-2)19-15-7-4-8-16(20(21,22)23)18(15)24-25(19)12-5-3-6-12/h4,7-12H,3,5-6H2,1-2H3. The molecule has 0 aliphatic heterocycles. The summed E-state index contributed by atoms with van der Waals surface area (Å²) in [7, 11) is 3.09. The van der Waals surface area contributed by atoms with Crippen molar-refractivity contribution in [1.82, 2.24) is 9.78 Å². The summed E-state index contributed by atoms with van der Waals surface area (Å²) >= 11 is 0. The van der Waals surface area contributed by atoms with Crippen molar-refractivity contribution in [3.63, 3.8) is 0 Å². The number of hydrogen-bond acceptors (Lipinski definition) is 3. The maximum atomic E-state index is 13.5. The number of hydrogen-bond donors (Lipinski definition) is 0. The second kappa shape index (κ2) is 6.48. The third kappa shape index (κ3) is 2.91. The second-order valence-corrected chi connectivity index (χ2v) is 6.64. The number of nitrogens with zero attached hydrogens (tertiary/aromatic N) is 2. The highest BCUT2D eigenvalue weighted by Gasteiger charge is 2.36. The minimum Gasteiger partial charge on any atom is -0.497 e. The maximum Gasteiger partial charge on any atom is 0.418 e. The Hall–Kier alpha value is -2.70. The minimum absolute atomic E-state index is 0.0234. The number of ether oxygens (including phenoxy) is 2. The zero-order valence-corrected chi connectivity index (χ0v) is 15.0. The fourth-order valence-corrected chi connectivity index (χ4v) is 3.51. The summed E-state index contributed by atoms with van der Waals surface area (Å²) in [5.74, 6) is 1.15. The molecule has 0 atom stereocenters. The molecule has 7 heteroatoms. The third-order valence-electron chi connectivity index (χ3n) is 5.12. The van der Waals surface area contributed by atoms with Crippen LogP contribution in [0.2, 0.25) is 0 Å². The smallest absolute Gasteiger partial charge is 0.418 e. The molecule has 0 saturated heterocycles. The highest BCUT2D eigenvalue weighted by molar-refractivity contribution is 5.97. The van der Waals surface area contributed by atoms with E-state index in [1.807, 2.05) is 6.07 Å². The summed E-state index contributed by atoms with van der Waals surface area (Å²) in [6.07, 6.45) is -1.60. The molecule has 1 heterocycles. The third-order valence-corrected chi connectivity index (χ3v) is 5.12. The molecule has 0 spiro atoms. The first-order valence-corrected chi connectivity index (χ1v) is 8.75. The van der Waals surface area contributed by atoms with E-state index in [0.717, 1.165) is 25.3 Å². The molecule has 1 aliphatic carbocycles. The van der Waals surface area contributed by atoms with Gasteiger partial charge in [-0.15, -0.1) is 0 Å². The first-order chi connectivity index (χ1) is 12.9. The molecule has 142 valence electrons. The molecule has 1 saturated carbocycles. The molecule has 1 aliphatic rings. The largest absolute Gasteiger partial charge is 0.497 e. The van der Waals surface area contributed by atoms with Crippen LogP contribution < -0.4 is 9.47 Å². The number of methoxy groups -OCH3 is 2. The number of rotatable bonds is 4. The topological polar surface area (TPSA) is 36.3 Å². The fraction of sp³-hybridized carbons (Fsp3) is 0.350. The average Bonchev–Trinajstić information content (AvgIpc) is 2.97. The predicted molar refractivity (Wildman–Crippen MR) is 96.2 cm³/mol. The first kappa shape index (κ1) is 17.7. The highest BCUT2D eigenvalue weighted by Crippen LogP contribution is 2.44. The molecule has 0 unspecified atom stereocenters. The summed E-state index contributed by atoms with van der Waals surface area (Å²) in [4.78, 5) is 0. The molecule has 1 fully saturated rings. The summed E-state index contributed by atoms with van der Waals surface area (Å²) in [5.41, 5.74) is 0.615. The van der Waals surface area contributed by atoms with E-state index in [2.05, 4.69) is 5.10 Å². The van der Waals surface area contributed by atoms with Gasteiger partial charge in [0.25, 0.3) is 0 Å². The van der Waals surface area contributed by atoms with E-state index >= 15 is 0 Å². The van der Waals surface area contributed by atoms with Gasteiger partial charge < -0.3 is 9.47 Å². The lowest BCUT2D eigenvalue weighted by atomic mass is 9.92. The Balaban J connectivity index is 2.02. The summed E-state index contributed by atoms with van der Waals surface area (Å²) in [5, 5.41) is 4.88. The van der Waals surface area contributed by atoms with Crippen LogP contribution in [0.3, 0.4) is 0 Å². The van der Waals surface area contributed by atoms with E-state index in [1.54, 1.807) is 30.0 Å². The van der Waals surface area contributed by atoms with Crippen molar-refractivity contribution in [2.24, 2.45) is 0 Å². The molecular weight excluding hydrogens is 357 g/mol. The van der Waals surface area contributed by atoms with Gasteiger partial charge in [-0.25, -0.2) is 0 Å². The lowest BCUT2D eigenvalue weighted by Gasteiger charge is -2.28. The first-order valence-electron chi connectivity index (χ1n) is 8.75. The van der Waals surface area contributed by atoms with E-state index in [-0.39, 0.29) is 11.6 Å². The molecule has 0 bridgehead atoms. The number of fused-ring (bicyclic) bond motifs is 1. The molecule has 4 nitrogen and oxygen atoms in total. The van der Waals surface area contributed by atoms with Crippen LogP contribution in [-0.4, -0.2) is 24.0 Å². The summed E-state index contributed by atoms with van der Waals surface area (Å²) in [6.45, 7) is 0. The zero-order chi connectivity index (χ0) is 19.2. The van der Waals surface area contributed by atoms with Crippen LogP contribution >= 0.6 is 0 Å². The van der Waals surface area contributed by atoms with Crippen molar-refractivity contribution in [2.45, 2.75) is 31.5 Å². The fourth-order valence-electron chi connectivity index (χ4n) is 3.51. The van der Waals surface area contributed by atoms with Crippen LogP contribution in [0.4, 0.5) is 13.2 Å². The SMILES string of the molecule is COc1ccc(-c2c3cccc(C(F)(F)F)c3nn2C2CCC2)c(OC)c1. The molecule has 0 radical (unpaired) electrons. The molecule has 27 heavy (non-hydrogen) atoms. The summed E-state index contributed by atoms with van der Waals surface area (Å²) in [6, 6.07) is 9.60. The van der Waals surface area contributed by atoms with Gasteiger partial charge in [0.05, 0.1) is 31.5 Å². The van der Waals surface area contributed by atoms with Crippen LogP contribution in [0.15, 0.2) is 36.4 Å². The van der Waals surface area contributed by atoms with Crippen molar-refractivity contribution < 1.29 is 22.6 Å². The van der Waals surface area contributed by atoms with Crippen molar-refractivity contribution >= 4 is 10.9 Å². The zero-order valence-electron chi connectivity index (χ0n) is 15.0. The van der Waals surface area contributed by atoms with Crippen molar-refractivity contribution in [1.29, 1.82) is 0 Å². The van der Waals surface area contributed by atoms with Crippen molar-refractivity contribution in [2.75, 3.05) is 14.2 Å². The number of alkyl halides is 3. The van der Waals surface area contributed by atoms with Crippen molar-refractivity contribution in [3.05, 3.63) is 42.0 Å². The Bertz CT molecular complexity index is 991. The lowest BCUT2D eigenvalue weighted by molar-refractivity contribution is -0.136. The Morgan fingerprint density at radius 3 is 2.44 bits per heavy atom. The van der Waals surface area contributed by atoms with Gasteiger partial charge in [0.1, 0.15) is 17.0 Å².